The number of hydrogen-bond acceptors (Lipinski definition) is 6. The predicted octanol–water partition coefficient (Wildman–Crippen LogP) is 3.06. The summed E-state index contributed by atoms with van der Waals surface area (Å²) in [5.41, 5.74) is 6.19. The summed E-state index contributed by atoms with van der Waals surface area (Å²) in [6, 6.07) is 8.13. The van der Waals surface area contributed by atoms with E-state index >= 15 is 4.39 Å². The number of imidazole rings is 1. The first kappa shape index (κ1) is 24.3. The Morgan fingerprint density at radius 2 is 1.89 bits per heavy atom. The predicted molar refractivity (Wildman–Crippen MR) is 131 cm³/mol. The molecule has 10 heteroatoms. The fourth-order valence-corrected chi connectivity index (χ4v) is 5.49. The summed E-state index contributed by atoms with van der Waals surface area (Å²) in [5.74, 6) is 0.228. The Labute approximate surface area is 208 Å². The van der Waals surface area contributed by atoms with Crippen LogP contribution in [-0.4, -0.2) is 68.4 Å². The summed E-state index contributed by atoms with van der Waals surface area (Å²) in [5, 5.41) is 0. The molecule has 0 bridgehead atoms. The van der Waals surface area contributed by atoms with E-state index in [4.69, 9.17) is 5.73 Å². The third kappa shape index (κ3) is 4.82. The Balaban J connectivity index is 1.21. The van der Waals surface area contributed by atoms with Crippen molar-refractivity contribution < 1.29 is 18.4 Å². The van der Waals surface area contributed by atoms with Crippen LogP contribution in [0.1, 0.15) is 43.1 Å². The van der Waals surface area contributed by atoms with Gasteiger partial charge >= 0.3 is 0 Å². The number of rotatable bonds is 6. The zero-order valence-electron chi connectivity index (χ0n) is 20.1. The van der Waals surface area contributed by atoms with Gasteiger partial charge in [-0.3, -0.25) is 9.69 Å². The fraction of sp³-hybridized carbons (Fsp3) is 0.462. The van der Waals surface area contributed by atoms with Gasteiger partial charge in [-0.05, 0) is 42.7 Å². The standard InChI is InChI=1S/C26H30F2N6O2/c27-19-1-2-22-21(16-19)31-24(6-14-35)34(22)20-4-10-33(11-5-20)25(36)26(28)7-12-32(13-8-26)17-18-3-9-30-23(29)15-18/h1-3,9,14-16,20H,4-8,10-13,17H2,(H2,29,30). The van der Waals surface area contributed by atoms with Gasteiger partial charge in [-0.2, -0.15) is 0 Å². The number of amides is 1. The molecule has 8 nitrogen and oxygen atoms in total. The SMILES string of the molecule is Nc1cc(CN2CCC(F)(C(=O)N3CCC(n4c(CC=O)nc5cc(F)ccc54)CC3)CC2)ccn1. The highest BCUT2D eigenvalue weighted by Crippen LogP contribution is 2.34. The van der Waals surface area contributed by atoms with E-state index in [9.17, 15) is 14.0 Å². The molecule has 0 atom stereocenters. The van der Waals surface area contributed by atoms with Crippen LogP contribution in [0, 0.1) is 5.82 Å². The van der Waals surface area contributed by atoms with Gasteiger partial charge in [-0.1, -0.05) is 0 Å². The van der Waals surface area contributed by atoms with Gasteiger partial charge in [0.1, 0.15) is 23.7 Å². The van der Waals surface area contributed by atoms with Crippen LogP contribution < -0.4 is 5.73 Å². The second kappa shape index (κ2) is 9.93. The number of benzene rings is 1. The summed E-state index contributed by atoms with van der Waals surface area (Å²) in [7, 11) is 0. The van der Waals surface area contributed by atoms with Crippen LogP contribution in [0.25, 0.3) is 11.0 Å². The molecule has 0 saturated carbocycles. The molecule has 3 aromatic rings. The summed E-state index contributed by atoms with van der Waals surface area (Å²) >= 11 is 0. The summed E-state index contributed by atoms with van der Waals surface area (Å²) in [6.07, 6.45) is 4.13. The van der Waals surface area contributed by atoms with Crippen molar-refractivity contribution >= 4 is 29.0 Å². The number of nitrogens with two attached hydrogens (primary N) is 1. The first-order valence-electron chi connectivity index (χ1n) is 12.4. The third-order valence-electron chi connectivity index (χ3n) is 7.39. The molecular weight excluding hydrogens is 466 g/mol. The second-order valence-electron chi connectivity index (χ2n) is 9.76. The van der Waals surface area contributed by atoms with E-state index < -0.39 is 11.6 Å². The Morgan fingerprint density at radius 3 is 2.58 bits per heavy atom. The summed E-state index contributed by atoms with van der Waals surface area (Å²) in [4.78, 5) is 36.6. The highest BCUT2D eigenvalue weighted by Gasteiger charge is 2.45. The number of nitrogens with zero attached hydrogens (tertiary/aromatic N) is 5. The van der Waals surface area contributed by atoms with E-state index in [2.05, 4.69) is 14.9 Å². The molecule has 2 N–H and O–H groups in total. The molecule has 2 fully saturated rings. The molecule has 2 aliphatic rings. The quantitative estimate of drug-likeness (QED) is 0.527. The molecule has 190 valence electrons. The van der Waals surface area contributed by atoms with Gasteiger partial charge in [-0.25, -0.2) is 18.7 Å². The van der Waals surface area contributed by atoms with Crippen LogP contribution in [-0.2, 0) is 22.6 Å². The van der Waals surface area contributed by atoms with E-state index in [1.165, 1.54) is 12.1 Å². The van der Waals surface area contributed by atoms with Crippen molar-refractivity contribution in [3.05, 3.63) is 53.7 Å². The number of carbonyl (C=O) groups is 2. The van der Waals surface area contributed by atoms with Crippen molar-refractivity contribution in [1.29, 1.82) is 0 Å². The maximum Gasteiger partial charge on any atom is 0.260 e. The van der Waals surface area contributed by atoms with E-state index in [1.807, 2.05) is 16.7 Å². The van der Waals surface area contributed by atoms with Crippen molar-refractivity contribution in [3.63, 3.8) is 0 Å². The molecule has 2 aromatic heterocycles. The zero-order valence-corrected chi connectivity index (χ0v) is 20.1. The van der Waals surface area contributed by atoms with E-state index in [1.54, 1.807) is 17.2 Å². The Kier molecular flexibility index (Phi) is 6.70. The number of carbonyl (C=O) groups excluding carboxylic acids is 2. The van der Waals surface area contributed by atoms with E-state index in [0.717, 1.165) is 17.4 Å². The lowest BCUT2D eigenvalue weighted by molar-refractivity contribution is -0.148. The van der Waals surface area contributed by atoms with Gasteiger partial charge in [0.2, 0.25) is 0 Å². The average molecular weight is 497 g/mol. The summed E-state index contributed by atoms with van der Waals surface area (Å²) in [6.45, 7) is 2.49. The van der Waals surface area contributed by atoms with Crippen LogP contribution in [0.15, 0.2) is 36.5 Å². The molecule has 0 spiro atoms. The van der Waals surface area contributed by atoms with E-state index in [-0.39, 0.29) is 31.1 Å². The maximum atomic E-state index is 15.8. The highest BCUT2D eigenvalue weighted by molar-refractivity contribution is 5.85. The molecule has 5 rings (SSSR count). The lowest BCUT2D eigenvalue weighted by atomic mass is 9.90. The molecule has 2 saturated heterocycles. The smallest absolute Gasteiger partial charge is 0.260 e. The van der Waals surface area contributed by atoms with Crippen LogP contribution in [0.4, 0.5) is 14.6 Å². The maximum absolute atomic E-state index is 15.8. The number of anilines is 1. The van der Waals surface area contributed by atoms with Gasteiger partial charge in [0.25, 0.3) is 5.91 Å². The van der Waals surface area contributed by atoms with Crippen LogP contribution in [0.3, 0.4) is 0 Å². The monoisotopic (exact) mass is 496 g/mol. The zero-order chi connectivity index (χ0) is 25.3. The number of fused-ring (bicyclic) bond motifs is 1. The number of alkyl halides is 1. The molecule has 36 heavy (non-hydrogen) atoms. The van der Waals surface area contributed by atoms with Crippen LogP contribution in [0.5, 0.6) is 0 Å². The highest BCUT2D eigenvalue weighted by atomic mass is 19.1. The molecular formula is C26H30F2N6O2. The van der Waals surface area contributed by atoms with Gasteiger partial charge in [0.05, 0.1) is 17.5 Å². The van der Waals surface area contributed by atoms with Crippen molar-refractivity contribution in [2.45, 2.75) is 50.4 Å². The lowest BCUT2D eigenvalue weighted by Crippen LogP contribution is -2.54. The summed E-state index contributed by atoms with van der Waals surface area (Å²) < 4.78 is 31.5. The minimum Gasteiger partial charge on any atom is -0.384 e. The van der Waals surface area contributed by atoms with Crippen LogP contribution >= 0.6 is 0 Å². The molecule has 0 aliphatic carbocycles. The number of aromatic nitrogens is 3. The van der Waals surface area contributed by atoms with E-state index in [0.29, 0.717) is 62.7 Å². The largest absolute Gasteiger partial charge is 0.384 e. The molecule has 1 amide bonds. The van der Waals surface area contributed by atoms with Crippen molar-refractivity contribution in [2.75, 3.05) is 31.9 Å². The fourth-order valence-electron chi connectivity index (χ4n) is 5.49. The van der Waals surface area contributed by atoms with Gasteiger partial charge in [0.15, 0.2) is 5.67 Å². The second-order valence-corrected chi connectivity index (χ2v) is 9.76. The minimum atomic E-state index is -1.86. The van der Waals surface area contributed by atoms with Crippen molar-refractivity contribution in [3.8, 4) is 0 Å². The van der Waals surface area contributed by atoms with Crippen molar-refractivity contribution in [1.82, 2.24) is 24.3 Å². The van der Waals surface area contributed by atoms with Gasteiger partial charge in [0, 0.05) is 63.9 Å². The first-order valence-corrected chi connectivity index (χ1v) is 12.4. The van der Waals surface area contributed by atoms with Gasteiger partial charge in [-0.15, -0.1) is 0 Å². The molecule has 2 aliphatic heterocycles. The Morgan fingerprint density at radius 1 is 1.14 bits per heavy atom. The molecule has 4 heterocycles. The topological polar surface area (TPSA) is 97.3 Å². The number of aldehydes is 1. The number of hydrogen-bond donors (Lipinski definition) is 1. The normalized spacial score (nSPS) is 19.0. The average Bonchev–Trinajstić information content (AvgIpc) is 3.22. The van der Waals surface area contributed by atoms with Gasteiger partial charge < -0.3 is 20.0 Å². The van der Waals surface area contributed by atoms with Crippen molar-refractivity contribution in [2.24, 2.45) is 0 Å². The third-order valence-corrected chi connectivity index (χ3v) is 7.39. The number of piperidine rings is 2. The first-order chi connectivity index (χ1) is 17.4. The number of pyridine rings is 1. The molecule has 0 unspecified atom stereocenters. The Hall–Kier alpha value is -3.40. The Bertz CT molecular complexity index is 1260. The number of nitrogen functional groups attached to an aromatic ring is 1. The lowest BCUT2D eigenvalue weighted by Gasteiger charge is -2.40. The molecule has 0 radical (unpaired) electrons. The number of likely N-dealkylation sites (tertiary alicyclic amines) is 2. The number of halogens is 2. The minimum absolute atomic E-state index is 0.00432. The molecule has 1 aromatic carbocycles. The van der Waals surface area contributed by atoms with Crippen LogP contribution in [0.2, 0.25) is 0 Å².